The van der Waals surface area contributed by atoms with Crippen molar-refractivity contribution in [2.45, 2.75) is 6.54 Å². The predicted molar refractivity (Wildman–Crippen MR) is 73.4 cm³/mol. The topological polar surface area (TPSA) is 24.9 Å². The Morgan fingerprint density at radius 1 is 0.938 bits per heavy atom. The predicted octanol–water partition coefficient (Wildman–Crippen LogP) is 4.22. The average molecular weight is 342 g/mol. The molecule has 0 aliphatic carbocycles. The lowest BCUT2D eigenvalue weighted by atomic mass is 10.3. The first-order valence-corrected chi connectivity index (χ1v) is 6.42. The maximum Gasteiger partial charge on any atom is 0.0595 e. The third kappa shape index (κ3) is 3.32. The van der Waals surface area contributed by atoms with Gasteiger partial charge in [-0.15, -0.1) is 0 Å². The molecule has 1 aromatic heterocycles. The van der Waals surface area contributed by atoms with Crippen LogP contribution >= 0.6 is 31.9 Å². The van der Waals surface area contributed by atoms with Crippen molar-refractivity contribution in [1.29, 1.82) is 0 Å². The highest BCUT2D eigenvalue weighted by molar-refractivity contribution is 9.10. The van der Waals surface area contributed by atoms with Crippen LogP contribution in [0.5, 0.6) is 0 Å². The number of hydrogen-bond donors (Lipinski definition) is 1. The Hall–Kier alpha value is -0.870. The van der Waals surface area contributed by atoms with Crippen LogP contribution < -0.4 is 5.32 Å². The Labute approximate surface area is 111 Å². The van der Waals surface area contributed by atoms with E-state index in [1.165, 1.54) is 0 Å². The Morgan fingerprint density at radius 2 is 1.62 bits per heavy atom. The van der Waals surface area contributed by atoms with Gasteiger partial charge in [0.2, 0.25) is 0 Å². The first kappa shape index (κ1) is 11.6. The molecule has 0 fully saturated rings. The molecule has 2 nitrogen and oxygen atoms in total. The molecule has 1 heterocycles. The number of anilines is 1. The molecule has 1 aromatic carbocycles. The zero-order chi connectivity index (χ0) is 11.4. The largest absolute Gasteiger partial charge is 0.379 e. The van der Waals surface area contributed by atoms with Crippen LogP contribution in [0.4, 0.5) is 5.69 Å². The molecule has 0 amide bonds. The van der Waals surface area contributed by atoms with Crippen LogP contribution in [0.25, 0.3) is 0 Å². The zero-order valence-corrected chi connectivity index (χ0v) is 11.6. The van der Waals surface area contributed by atoms with Gasteiger partial charge in [-0.2, -0.15) is 0 Å². The summed E-state index contributed by atoms with van der Waals surface area (Å²) in [6.45, 7) is 0.731. The summed E-state index contributed by atoms with van der Waals surface area (Å²) in [5.74, 6) is 0. The van der Waals surface area contributed by atoms with E-state index >= 15 is 0 Å². The molecule has 0 spiro atoms. The average Bonchev–Trinajstić information content (AvgIpc) is 2.30. The van der Waals surface area contributed by atoms with Gasteiger partial charge < -0.3 is 5.32 Å². The molecule has 0 radical (unpaired) electrons. The van der Waals surface area contributed by atoms with Crippen molar-refractivity contribution in [3.05, 3.63) is 57.2 Å². The van der Waals surface area contributed by atoms with Crippen LogP contribution in [0.3, 0.4) is 0 Å². The molecule has 0 bridgehead atoms. The number of pyridine rings is 1. The fourth-order valence-electron chi connectivity index (χ4n) is 1.27. The molecule has 82 valence electrons. The van der Waals surface area contributed by atoms with E-state index in [0.29, 0.717) is 0 Å². The minimum atomic E-state index is 0.731. The van der Waals surface area contributed by atoms with Crippen molar-refractivity contribution in [1.82, 2.24) is 4.98 Å². The number of halogens is 2. The van der Waals surface area contributed by atoms with Crippen LogP contribution in [-0.2, 0) is 6.54 Å². The Balaban J connectivity index is 1.97. The zero-order valence-electron chi connectivity index (χ0n) is 8.45. The van der Waals surface area contributed by atoms with Gasteiger partial charge in [-0.25, -0.2) is 0 Å². The highest BCUT2D eigenvalue weighted by atomic mass is 79.9. The van der Waals surface area contributed by atoms with E-state index in [-0.39, 0.29) is 0 Å². The highest BCUT2D eigenvalue weighted by Crippen LogP contribution is 2.15. The van der Waals surface area contributed by atoms with Crippen molar-refractivity contribution in [2.75, 3.05) is 5.32 Å². The van der Waals surface area contributed by atoms with E-state index in [0.717, 1.165) is 26.9 Å². The van der Waals surface area contributed by atoms with E-state index in [2.05, 4.69) is 42.2 Å². The van der Waals surface area contributed by atoms with Gasteiger partial charge in [0.25, 0.3) is 0 Å². The van der Waals surface area contributed by atoms with Crippen molar-refractivity contribution in [3.63, 3.8) is 0 Å². The lowest BCUT2D eigenvalue weighted by Gasteiger charge is -2.05. The Kier molecular flexibility index (Phi) is 3.96. The van der Waals surface area contributed by atoms with E-state index in [9.17, 15) is 0 Å². The van der Waals surface area contributed by atoms with Gasteiger partial charge in [0.05, 0.1) is 12.2 Å². The monoisotopic (exact) mass is 340 g/mol. The molecule has 0 saturated carbocycles. The third-order valence-corrected chi connectivity index (χ3v) is 3.10. The molecule has 1 N–H and O–H groups in total. The van der Waals surface area contributed by atoms with Crippen molar-refractivity contribution < 1.29 is 0 Å². The summed E-state index contributed by atoms with van der Waals surface area (Å²) in [6, 6.07) is 12.1. The molecular formula is C12H10Br2N2. The summed E-state index contributed by atoms with van der Waals surface area (Å²) >= 11 is 6.77. The SMILES string of the molecule is Brc1ccc(NCc2ccc(Br)cn2)cc1. The minimum absolute atomic E-state index is 0.731. The van der Waals surface area contributed by atoms with Gasteiger partial charge in [0, 0.05) is 20.8 Å². The second kappa shape index (κ2) is 5.46. The van der Waals surface area contributed by atoms with E-state index < -0.39 is 0 Å². The quantitative estimate of drug-likeness (QED) is 0.904. The molecule has 0 saturated heterocycles. The second-order valence-electron chi connectivity index (χ2n) is 3.33. The summed E-state index contributed by atoms with van der Waals surface area (Å²) in [5.41, 5.74) is 2.11. The molecule has 0 aliphatic heterocycles. The first-order valence-electron chi connectivity index (χ1n) is 4.84. The van der Waals surface area contributed by atoms with Gasteiger partial charge in [0.1, 0.15) is 0 Å². The molecule has 0 unspecified atom stereocenters. The van der Waals surface area contributed by atoms with Crippen LogP contribution in [0.1, 0.15) is 5.69 Å². The lowest BCUT2D eigenvalue weighted by molar-refractivity contribution is 1.04. The molecule has 2 rings (SSSR count). The standard InChI is InChI=1S/C12H10Br2N2/c13-9-1-4-11(5-2-9)16-8-12-6-3-10(14)7-15-12/h1-7,16H,8H2. The number of nitrogens with zero attached hydrogens (tertiary/aromatic N) is 1. The molecule has 0 aliphatic rings. The summed E-state index contributed by atoms with van der Waals surface area (Å²) in [5, 5.41) is 3.31. The molecule has 4 heteroatoms. The summed E-state index contributed by atoms with van der Waals surface area (Å²) in [6.07, 6.45) is 1.80. The van der Waals surface area contributed by atoms with Crippen molar-refractivity contribution in [3.8, 4) is 0 Å². The fraction of sp³-hybridized carbons (Fsp3) is 0.0833. The fourth-order valence-corrected chi connectivity index (χ4v) is 1.77. The molecule has 0 atom stereocenters. The number of nitrogens with one attached hydrogen (secondary N) is 1. The number of rotatable bonds is 3. The van der Waals surface area contributed by atoms with Gasteiger partial charge >= 0.3 is 0 Å². The smallest absolute Gasteiger partial charge is 0.0595 e. The van der Waals surface area contributed by atoms with E-state index in [4.69, 9.17) is 0 Å². The summed E-state index contributed by atoms with van der Waals surface area (Å²) in [4.78, 5) is 4.29. The van der Waals surface area contributed by atoms with E-state index in [1.54, 1.807) is 6.20 Å². The highest BCUT2D eigenvalue weighted by Gasteiger charge is 1.95. The van der Waals surface area contributed by atoms with Gasteiger partial charge in [-0.1, -0.05) is 15.9 Å². The molecule has 2 aromatic rings. The molecular weight excluding hydrogens is 332 g/mol. The van der Waals surface area contributed by atoms with Gasteiger partial charge in [-0.3, -0.25) is 4.98 Å². The van der Waals surface area contributed by atoms with Crippen LogP contribution in [0.15, 0.2) is 51.5 Å². The van der Waals surface area contributed by atoms with Crippen LogP contribution in [-0.4, -0.2) is 4.98 Å². The maximum atomic E-state index is 4.29. The Bertz CT molecular complexity index is 406. The van der Waals surface area contributed by atoms with Crippen molar-refractivity contribution >= 4 is 37.5 Å². The minimum Gasteiger partial charge on any atom is -0.379 e. The number of benzene rings is 1. The van der Waals surface area contributed by atoms with Crippen LogP contribution in [0, 0.1) is 0 Å². The molecule has 16 heavy (non-hydrogen) atoms. The first-order chi connectivity index (χ1) is 7.74. The summed E-state index contributed by atoms with van der Waals surface area (Å²) < 4.78 is 2.08. The second-order valence-corrected chi connectivity index (χ2v) is 5.16. The Morgan fingerprint density at radius 3 is 2.25 bits per heavy atom. The third-order valence-electron chi connectivity index (χ3n) is 2.11. The van der Waals surface area contributed by atoms with Crippen molar-refractivity contribution in [2.24, 2.45) is 0 Å². The maximum absolute atomic E-state index is 4.29. The van der Waals surface area contributed by atoms with Gasteiger partial charge in [0.15, 0.2) is 0 Å². The normalized spacial score (nSPS) is 10.1. The van der Waals surface area contributed by atoms with Crippen LogP contribution in [0.2, 0.25) is 0 Å². The number of hydrogen-bond acceptors (Lipinski definition) is 2. The lowest BCUT2D eigenvalue weighted by Crippen LogP contribution is -2.00. The summed E-state index contributed by atoms with van der Waals surface area (Å²) in [7, 11) is 0. The van der Waals surface area contributed by atoms with E-state index in [1.807, 2.05) is 36.4 Å². The number of aromatic nitrogens is 1. The van der Waals surface area contributed by atoms with Gasteiger partial charge in [-0.05, 0) is 52.3 Å².